The van der Waals surface area contributed by atoms with Crippen LogP contribution in [0.4, 0.5) is 18.9 Å². The van der Waals surface area contributed by atoms with Gasteiger partial charge in [0, 0.05) is 30.6 Å². The molecule has 7 nitrogen and oxygen atoms in total. The predicted octanol–water partition coefficient (Wildman–Crippen LogP) is 3.57. The summed E-state index contributed by atoms with van der Waals surface area (Å²) < 4.78 is 66.6. The number of carbonyl (C=O) groups is 1. The van der Waals surface area contributed by atoms with Crippen molar-refractivity contribution in [3.63, 3.8) is 0 Å². The van der Waals surface area contributed by atoms with Crippen molar-refractivity contribution in [3.8, 4) is 23.6 Å². The molecule has 35 heavy (non-hydrogen) atoms. The zero-order valence-corrected chi connectivity index (χ0v) is 19.2. The van der Waals surface area contributed by atoms with Crippen LogP contribution in [0, 0.1) is 24.0 Å². The Kier molecular flexibility index (Phi) is 7.88. The molecular weight excluding hydrogens is 481 g/mol. The van der Waals surface area contributed by atoms with Crippen molar-refractivity contribution in [1.82, 2.24) is 15.3 Å². The van der Waals surface area contributed by atoms with Gasteiger partial charge in [0.1, 0.15) is 18.3 Å². The summed E-state index contributed by atoms with van der Waals surface area (Å²) in [5.74, 6) is 0.131. The van der Waals surface area contributed by atoms with Gasteiger partial charge in [-0.25, -0.2) is 26.6 Å². The number of amides is 1. The highest BCUT2D eigenvalue weighted by molar-refractivity contribution is 7.92. The molecular formula is C24H19F3N4O3S. The number of terminal acetylenes is 1. The van der Waals surface area contributed by atoms with E-state index < -0.39 is 34.2 Å². The Morgan fingerprint density at radius 1 is 1.20 bits per heavy atom. The molecule has 0 saturated carbocycles. The molecule has 11 heteroatoms. The molecule has 2 aromatic heterocycles. The van der Waals surface area contributed by atoms with Crippen LogP contribution in [0.25, 0.3) is 17.3 Å². The van der Waals surface area contributed by atoms with Crippen LogP contribution in [-0.4, -0.2) is 30.5 Å². The number of pyridine rings is 2. The molecule has 0 radical (unpaired) electrons. The summed E-state index contributed by atoms with van der Waals surface area (Å²) in [6, 6.07) is 6.45. The smallest absolute Gasteiger partial charge is 0.244 e. The van der Waals surface area contributed by atoms with Crippen molar-refractivity contribution in [2.45, 2.75) is 13.2 Å². The second kappa shape index (κ2) is 10.8. The highest BCUT2D eigenvalue weighted by Crippen LogP contribution is 2.26. The van der Waals surface area contributed by atoms with E-state index in [9.17, 15) is 26.4 Å². The van der Waals surface area contributed by atoms with Crippen LogP contribution in [0.1, 0.15) is 22.4 Å². The van der Waals surface area contributed by atoms with Gasteiger partial charge in [0.25, 0.3) is 0 Å². The molecule has 0 unspecified atom stereocenters. The molecule has 0 fully saturated rings. The molecule has 2 N–H and O–H groups in total. The Morgan fingerprint density at radius 2 is 1.97 bits per heavy atom. The van der Waals surface area contributed by atoms with Gasteiger partial charge in [0.2, 0.25) is 15.9 Å². The lowest BCUT2D eigenvalue weighted by Gasteiger charge is -2.11. The molecule has 1 amide bonds. The van der Waals surface area contributed by atoms with Gasteiger partial charge in [-0.15, -0.1) is 6.42 Å². The lowest BCUT2D eigenvalue weighted by Crippen LogP contribution is -2.20. The minimum atomic E-state index is -3.75. The number of alkyl halides is 1. The van der Waals surface area contributed by atoms with E-state index >= 15 is 0 Å². The maximum Gasteiger partial charge on any atom is 0.244 e. The van der Waals surface area contributed by atoms with Gasteiger partial charge < -0.3 is 5.32 Å². The van der Waals surface area contributed by atoms with Crippen LogP contribution in [0.2, 0.25) is 0 Å². The highest BCUT2D eigenvalue weighted by Gasteiger charge is 2.15. The minimum absolute atomic E-state index is 0.0302. The number of benzene rings is 1. The Bertz CT molecular complexity index is 1450. The first-order chi connectivity index (χ1) is 16.6. The number of hydrogen-bond acceptors (Lipinski definition) is 5. The molecule has 3 aromatic rings. The van der Waals surface area contributed by atoms with E-state index in [0.717, 1.165) is 24.5 Å². The Hall–Kier alpha value is -4.17. The van der Waals surface area contributed by atoms with Crippen molar-refractivity contribution in [1.29, 1.82) is 0 Å². The number of anilines is 1. The average molecular weight is 501 g/mol. The Labute approximate surface area is 200 Å². The second-order valence-electron chi connectivity index (χ2n) is 7.30. The van der Waals surface area contributed by atoms with E-state index in [1.54, 1.807) is 0 Å². The van der Waals surface area contributed by atoms with E-state index in [4.69, 9.17) is 6.42 Å². The number of nitrogens with zero attached hydrogens (tertiary/aromatic N) is 2. The van der Waals surface area contributed by atoms with Gasteiger partial charge in [-0.1, -0.05) is 12.0 Å². The first-order valence-electron chi connectivity index (χ1n) is 9.99. The van der Waals surface area contributed by atoms with E-state index in [1.165, 1.54) is 36.7 Å². The zero-order valence-electron chi connectivity index (χ0n) is 18.3. The Balaban J connectivity index is 1.78. The summed E-state index contributed by atoms with van der Waals surface area (Å²) in [5, 5.41) is 2.54. The van der Waals surface area contributed by atoms with Crippen molar-refractivity contribution in [3.05, 3.63) is 82.8 Å². The molecule has 0 aliphatic rings. The third kappa shape index (κ3) is 6.68. The number of nitrogens with one attached hydrogen (secondary N) is 2. The maximum absolute atomic E-state index is 14.4. The van der Waals surface area contributed by atoms with Crippen LogP contribution < -0.4 is 10.0 Å². The normalized spacial score (nSPS) is 11.3. The number of rotatable bonds is 8. The number of sulfonamides is 1. The number of halogens is 3. The van der Waals surface area contributed by atoms with Gasteiger partial charge >= 0.3 is 0 Å². The van der Waals surface area contributed by atoms with Crippen molar-refractivity contribution in [2.24, 2.45) is 0 Å². The van der Waals surface area contributed by atoms with Crippen LogP contribution >= 0.6 is 0 Å². The quantitative estimate of drug-likeness (QED) is 0.364. The summed E-state index contributed by atoms with van der Waals surface area (Å²) in [6.07, 6.45) is 11.3. The third-order valence-electron chi connectivity index (χ3n) is 4.62. The van der Waals surface area contributed by atoms with Gasteiger partial charge in [-0.2, -0.15) is 0 Å². The minimum Gasteiger partial charge on any atom is -0.348 e. The fourth-order valence-corrected chi connectivity index (χ4v) is 3.65. The van der Waals surface area contributed by atoms with E-state index in [1.807, 2.05) is 4.72 Å². The molecule has 0 aliphatic carbocycles. The lowest BCUT2D eigenvalue weighted by atomic mass is 10.1. The SMILES string of the molecule is C#Cc1cc(CNC(=O)/C=C/c2ccc(CF)nc2-c2cnccc2F)cc(F)c1NS(C)(=O)=O. The largest absolute Gasteiger partial charge is 0.348 e. The number of aromatic nitrogens is 2. The van der Waals surface area contributed by atoms with Crippen molar-refractivity contribution >= 4 is 27.7 Å². The molecule has 2 heterocycles. The third-order valence-corrected chi connectivity index (χ3v) is 5.19. The topological polar surface area (TPSA) is 101 Å². The van der Waals surface area contributed by atoms with E-state index in [0.29, 0.717) is 11.1 Å². The first-order valence-corrected chi connectivity index (χ1v) is 11.9. The summed E-state index contributed by atoms with van der Waals surface area (Å²) in [5.41, 5.74) is 0.503. The summed E-state index contributed by atoms with van der Waals surface area (Å²) in [4.78, 5) is 20.3. The van der Waals surface area contributed by atoms with Crippen molar-refractivity contribution < 1.29 is 26.4 Å². The molecule has 180 valence electrons. The van der Waals surface area contributed by atoms with Crippen LogP contribution in [0.3, 0.4) is 0 Å². The fourth-order valence-electron chi connectivity index (χ4n) is 3.07. The maximum atomic E-state index is 14.4. The van der Waals surface area contributed by atoms with Gasteiger partial charge in [0.05, 0.1) is 34.5 Å². The van der Waals surface area contributed by atoms with Gasteiger partial charge in [0.15, 0.2) is 0 Å². The van der Waals surface area contributed by atoms with Crippen LogP contribution in [0.15, 0.2) is 48.8 Å². The molecule has 0 bridgehead atoms. The molecule has 3 rings (SSSR count). The van der Waals surface area contributed by atoms with E-state index in [2.05, 4.69) is 21.2 Å². The summed E-state index contributed by atoms with van der Waals surface area (Å²) in [7, 11) is -3.75. The first kappa shape index (κ1) is 25.5. The van der Waals surface area contributed by atoms with Crippen molar-refractivity contribution in [2.75, 3.05) is 11.0 Å². The molecule has 1 aromatic carbocycles. The molecule has 0 spiro atoms. The number of carbonyl (C=O) groups excluding carboxylic acids is 1. The average Bonchev–Trinajstić information content (AvgIpc) is 2.82. The Morgan fingerprint density at radius 3 is 2.63 bits per heavy atom. The van der Waals surface area contributed by atoms with Gasteiger partial charge in [-0.05, 0) is 35.9 Å². The van der Waals surface area contributed by atoms with E-state index in [-0.39, 0.29) is 34.7 Å². The zero-order chi connectivity index (χ0) is 25.6. The van der Waals surface area contributed by atoms with Crippen LogP contribution in [-0.2, 0) is 28.0 Å². The molecule has 0 aliphatic heterocycles. The second-order valence-corrected chi connectivity index (χ2v) is 9.05. The highest BCUT2D eigenvalue weighted by atomic mass is 32.2. The summed E-state index contributed by atoms with van der Waals surface area (Å²) >= 11 is 0. The molecule has 0 atom stereocenters. The van der Waals surface area contributed by atoms with Gasteiger partial charge in [-0.3, -0.25) is 14.5 Å². The fraction of sp³-hybridized carbons (Fsp3) is 0.125. The standard InChI is InChI=1S/C24H19F3N4O3S/c1-3-16-10-15(11-21(27)24(16)31-35(2,33)34)13-29-22(32)7-5-17-4-6-18(12-25)30-23(17)19-14-28-9-8-20(19)26/h1,4-11,14,31H,12-13H2,2H3,(H,29,32)/b7-5+. The predicted molar refractivity (Wildman–Crippen MR) is 126 cm³/mol. The van der Waals surface area contributed by atoms with Crippen LogP contribution in [0.5, 0.6) is 0 Å². The lowest BCUT2D eigenvalue weighted by molar-refractivity contribution is -0.116. The number of hydrogen-bond donors (Lipinski definition) is 2. The monoisotopic (exact) mass is 500 g/mol. The molecule has 0 saturated heterocycles. The summed E-state index contributed by atoms with van der Waals surface area (Å²) in [6.45, 7) is -0.967.